The number of esters is 1. The van der Waals surface area contributed by atoms with E-state index in [9.17, 15) is 4.79 Å². The molecule has 14 heavy (non-hydrogen) atoms. The van der Waals surface area contributed by atoms with E-state index in [2.05, 4.69) is 6.92 Å². The molecule has 80 valence electrons. The summed E-state index contributed by atoms with van der Waals surface area (Å²) in [6.45, 7) is 4.02. The van der Waals surface area contributed by atoms with Crippen molar-refractivity contribution in [2.45, 2.75) is 46.0 Å². The molecule has 0 radical (unpaired) electrons. The van der Waals surface area contributed by atoms with E-state index in [-0.39, 0.29) is 5.97 Å². The minimum atomic E-state index is -0.159. The van der Waals surface area contributed by atoms with Crippen molar-refractivity contribution in [3.63, 3.8) is 0 Å². The lowest BCUT2D eigenvalue weighted by Gasteiger charge is -2.15. The molecule has 1 aliphatic carbocycles. The summed E-state index contributed by atoms with van der Waals surface area (Å²) in [6.07, 6.45) is 6.09. The maximum Gasteiger partial charge on any atom is 0.333 e. The highest BCUT2D eigenvalue weighted by Gasteiger charge is 2.22. The molecular weight excluding hydrogens is 176 g/mol. The predicted octanol–water partition coefficient (Wildman–Crippen LogP) is 3.08. The Hall–Kier alpha value is -0.790. The average molecular weight is 196 g/mol. The molecule has 2 heteroatoms. The van der Waals surface area contributed by atoms with Gasteiger partial charge in [0.2, 0.25) is 0 Å². The van der Waals surface area contributed by atoms with Crippen molar-refractivity contribution in [1.29, 1.82) is 0 Å². The number of hydrogen-bond donors (Lipinski definition) is 0. The predicted molar refractivity (Wildman–Crippen MR) is 57.0 cm³/mol. The van der Waals surface area contributed by atoms with Gasteiger partial charge in [-0.15, -0.1) is 0 Å². The second kappa shape index (κ2) is 5.18. The summed E-state index contributed by atoms with van der Waals surface area (Å²) < 4.78 is 4.76. The van der Waals surface area contributed by atoms with E-state index >= 15 is 0 Å². The van der Waals surface area contributed by atoms with E-state index in [0.29, 0.717) is 5.92 Å². The van der Waals surface area contributed by atoms with Crippen molar-refractivity contribution in [3.8, 4) is 0 Å². The first kappa shape index (κ1) is 11.3. The summed E-state index contributed by atoms with van der Waals surface area (Å²) in [5.41, 5.74) is 2.15. The van der Waals surface area contributed by atoms with Crippen LogP contribution in [0, 0.1) is 5.92 Å². The smallest absolute Gasteiger partial charge is 0.333 e. The van der Waals surface area contributed by atoms with Gasteiger partial charge in [0, 0.05) is 5.57 Å². The van der Waals surface area contributed by atoms with Gasteiger partial charge in [0.15, 0.2) is 0 Å². The summed E-state index contributed by atoms with van der Waals surface area (Å²) in [6, 6.07) is 0. The monoisotopic (exact) mass is 196 g/mol. The number of carbonyl (C=O) groups excluding carboxylic acids is 1. The van der Waals surface area contributed by atoms with Crippen LogP contribution in [0.15, 0.2) is 11.1 Å². The molecule has 0 saturated heterocycles. The number of rotatable bonds is 3. The molecule has 1 aliphatic rings. The molecule has 0 spiro atoms. The number of allylic oxidation sites excluding steroid dienone is 1. The Morgan fingerprint density at radius 2 is 1.93 bits per heavy atom. The fourth-order valence-electron chi connectivity index (χ4n) is 2.42. The molecule has 0 unspecified atom stereocenters. The number of ether oxygens (including phenoxy) is 1. The fraction of sp³-hybridized carbons (Fsp3) is 0.750. The molecule has 0 aromatic heterocycles. The van der Waals surface area contributed by atoms with Crippen LogP contribution in [0.1, 0.15) is 46.0 Å². The quantitative estimate of drug-likeness (QED) is 0.512. The van der Waals surface area contributed by atoms with Crippen LogP contribution in [0.4, 0.5) is 0 Å². The van der Waals surface area contributed by atoms with Crippen molar-refractivity contribution in [2.24, 2.45) is 5.92 Å². The van der Waals surface area contributed by atoms with E-state index < -0.39 is 0 Å². The Labute approximate surface area is 86.3 Å². The van der Waals surface area contributed by atoms with Crippen molar-refractivity contribution in [1.82, 2.24) is 0 Å². The van der Waals surface area contributed by atoms with Crippen LogP contribution in [-0.4, -0.2) is 13.1 Å². The van der Waals surface area contributed by atoms with Crippen LogP contribution in [-0.2, 0) is 9.53 Å². The van der Waals surface area contributed by atoms with Crippen LogP contribution >= 0.6 is 0 Å². The molecule has 0 aromatic carbocycles. The molecule has 2 nitrogen and oxygen atoms in total. The molecule has 0 heterocycles. The number of methoxy groups -OCH3 is 1. The van der Waals surface area contributed by atoms with Gasteiger partial charge in [-0.05, 0) is 32.1 Å². The second-order valence-corrected chi connectivity index (χ2v) is 3.98. The van der Waals surface area contributed by atoms with Crippen LogP contribution in [0.5, 0.6) is 0 Å². The van der Waals surface area contributed by atoms with Crippen molar-refractivity contribution >= 4 is 5.97 Å². The molecule has 0 N–H and O–H groups in total. The zero-order valence-electron chi connectivity index (χ0n) is 9.43. The maximum atomic E-state index is 11.4. The summed E-state index contributed by atoms with van der Waals surface area (Å²) in [5, 5.41) is 0. The first-order chi connectivity index (χ1) is 6.70. The third-order valence-corrected chi connectivity index (χ3v) is 3.20. The van der Waals surface area contributed by atoms with Crippen LogP contribution < -0.4 is 0 Å². The third-order valence-electron chi connectivity index (χ3n) is 3.20. The lowest BCUT2D eigenvalue weighted by molar-refractivity contribution is -0.136. The molecule has 0 bridgehead atoms. The summed E-state index contributed by atoms with van der Waals surface area (Å²) in [7, 11) is 1.45. The van der Waals surface area contributed by atoms with Gasteiger partial charge in [-0.1, -0.05) is 25.3 Å². The van der Waals surface area contributed by atoms with E-state index in [1.165, 1.54) is 38.4 Å². The standard InChI is InChI=1S/C12H20O2/c1-4-11(9(2)12(13)14-3)10-7-5-6-8-10/h10H,4-8H2,1-3H3. The summed E-state index contributed by atoms with van der Waals surface area (Å²) in [5.74, 6) is 0.479. The Balaban J connectivity index is 2.81. The largest absolute Gasteiger partial charge is 0.466 e. The minimum absolute atomic E-state index is 0.159. The summed E-state index contributed by atoms with van der Waals surface area (Å²) >= 11 is 0. The highest BCUT2D eigenvalue weighted by molar-refractivity contribution is 5.88. The van der Waals surface area contributed by atoms with Gasteiger partial charge in [-0.3, -0.25) is 0 Å². The van der Waals surface area contributed by atoms with Crippen LogP contribution in [0.3, 0.4) is 0 Å². The van der Waals surface area contributed by atoms with Gasteiger partial charge in [-0.2, -0.15) is 0 Å². The van der Waals surface area contributed by atoms with Gasteiger partial charge in [-0.25, -0.2) is 4.79 Å². The van der Waals surface area contributed by atoms with E-state index in [0.717, 1.165) is 12.0 Å². The maximum absolute atomic E-state index is 11.4. The Bertz CT molecular complexity index is 235. The molecule has 0 amide bonds. The minimum Gasteiger partial charge on any atom is -0.466 e. The zero-order valence-corrected chi connectivity index (χ0v) is 9.43. The van der Waals surface area contributed by atoms with Gasteiger partial charge >= 0.3 is 5.97 Å². The van der Waals surface area contributed by atoms with Crippen molar-refractivity contribution in [3.05, 3.63) is 11.1 Å². The first-order valence-corrected chi connectivity index (χ1v) is 5.48. The van der Waals surface area contributed by atoms with E-state index in [4.69, 9.17) is 4.74 Å². The van der Waals surface area contributed by atoms with Gasteiger partial charge in [0.05, 0.1) is 7.11 Å². The fourth-order valence-corrected chi connectivity index (χ4v) is 2.42. The Morgan fingerprint density at radius 1 is 1.36 bits per heavy atom. The third kappa shape index (κ3) is 2.37. The molecule has 1 saturated carbocycles. The lowest BCUT2D eigenvalue weighted by Crippen LogP contribution is -2.09. The first-order valence-electron chi connectivity index (χ1n) is 5.48. The normalized spacial score (nSPS) is 19.4. The average Bonchev–Trinajstić information content (AvgIpc) is 2.71. The molecule has 1 rings (SSSR count). The van der Waals surface area contributed by atoms with E-state index in [1.807, 2.05) is 6.92 Å². The van der Waals surface area contributed by atoms with Gasteiger partial charge < -0.3 is 4.74 Å². The Morgan fingerprint density at radius 3 is 2.36 bits per heavy atom. The molecular formula is C12H20O2. The highest BCUT2D eigenvalue weighted by atomic mass is 16.5. The van der Waals surface area contributed by atoms with Crippen LogP contribution in [0.2, 0.25) is 0 Å². The summed E-state index contributed by atoms with van der Waals surface area (Å²) in [4.78, 5) is 11.4. The highest BCUT2D eigenvalue weighted by Crippen LogP contribution is 2.34. The van der Waals surface area contributed by atoms with Crippen molar-refractivity contribution in [2.75, 3.05) is 7.11 Å². The SMILES string of the molecule is CCC(=C(C)C(=O)OC)C1CCCC1. The van der Waals surface area contributed by atoms with Gasteiger partial charge in [0.1, 0.15) is 0 Å². The second-order valence-electron chi connectivity index (χ2n) is 3.98. The van der Waals surface area contributed by atoms with E-state index in [1.54, 1.807) is 0 Å². The lowest BCUT2D eigenvalue weighted by atomic mass is 9.91. The van der Waals surface area contributed by atoms with Crippen molar-refractivity contribution < 1.29 is 9.53 Å². The zero-order chi connectivity index (χ0) is 10.6. The Kier molecular flexibility index (Phi) is 4.18. The molecule has 0 atom stereocenters. The topological polar surface area (TPSA) is 26.3 Å². The molecule has 0 aromatic rings. The number of carbonyl (C=O) groups is 1. The molecule has 1 fully saturated rings. The molecule has 0 aliphatic heterocycles. The van der Waals surface area contributed by atoms with Crippen LogP contribution in [0.25, 0.3) is 0 Å². The van der Waals surface area contributed by atoms with Gasteiger partial charge in [0.25, 0.3) is 0 Å². The number of hydrogen-bond acceptors (Lipinski definition) is 2.